The molecule has 6 heteroatoms. The fraction of sp³-hybridized carbons (Fsp3) is 0. The van der Waals surface area contributed by atoms with Gasteiger partial charge in [0, 0.05) is 27.9 Å². The second-order valence-electron chi connectivity index (χ2n) is 7.45. The van der Waals surface area contributed by atoms with Gasteiger partial charge in [-0.2, -0.15) is 0 Å². The molecule has 0 atom stereocenters. The maximum atomic E-state index is 12.5. The first-order valence-corrected chi connectivity index (χ1v) is 10.8. The fourth-order valence-electron chi connectivity index (χ4n) is 3.75. The van der Waals surface area contributed by atoms with E-state index in [0.29, 0.717) is 16.2 Å². The number of amides is 2. The second kappa shape index (κ2) is 9.10. The summed E-state index contributed by atoms with van der Waals surface area (Å²) >= 11 is 6.42. The monoisotopic (exact) mass is 450 g/mol. The van der Waals surface area contributed by atoms with Crippen LogP contribution in [0.5, 0.6) is 0 Å². The van der Waals surface area contributed by atoms with Crippen LogP contribution in [0, 0.1) is 0 Å². The largest absolute Gasteiger partial charge is 0.323 e. The maximum Gasteiger partial charge on any atom is 0.323 e. The predicted octanol–water partition coefficient (Wildman–Crippen LogP) is 7.26. The molecule has 0 bridgehead atoms. The van der Waals surface area contributed by atoms with E-state index < -0.39 is 0 Å². The van der Waals surface area contributed by atoms with Crippen LogP contribution in [-0.4, -0.2) is 16.2 Å². The van der Waals surface area contributed by atoms with Gasteiger partial charge in [0.05, 0.1) is 5.02 Å². The van der Waals surface area contributed by atoms with Crippen LogP contribution >= 0.6 is 11.6 Å². The summed E-state index contributed by atoms with van der Waals surface area (Å²) in [6.45, 7) is 0. The van der Waals surface area contributed by atoms with Crippen molar-refractivity contribution < 1.29 is 4.79 Å². The van der Waals surface area contributed by atoms with Gasteiger partial charge in [-0.25, -0.2) is 4.79 Å². The van der Waals surface area contributed by atoms with Crippen molar-refractivity contribution in [1.29, 1.82) is 0 Å². The highest BCUT2D eigenvalue weighted by Gasteiger charge is 2.16. The van der Waals surface area contributed by atoms with Crippen molar-refractivity contribution in [3.8, 4) is 22.4 Å². The van der Waals surface area contributed by atoms with Gasteiger partial charge in [-0.3, -0.25) is 0 Å². The molecular formula is C27H19ClN4O. The number of carbonyl (C=O) groups excluding carboxylic acids is 1. The molecule has 0 fully saturated rings. The molecule has 5 rings (SSSR count). The Morgan fingerprint density at radius 1 is 0.667 bits per heavy atom. The number of aromatic nitrogens is 2. The van der Waals surface area contributed by atoms with E-state index in [1.165, 1.54) is 0 Å². The number of nitrogens with one attached hydrogen (secondary N) is 2. The molecule has 0 saturated carbocycles. The van der Waals surface area contributed by atoms with Crippen LogP contribution in [0.1, 0.15) is 0 Å². The van der Waals surface area contributed by atoms with Crippen molar-refractivity contribution in [2.45, 2.75) is 0 Å². The van der Waals surface area contributed by atoms with Crippen molar-refractivity contribution in [3.63, 3.8) is 0 Å². The summed E-state index contributed by atoms with van der Waals surface area (Å²) in [6, 6.07) is 32.2. The lowest BCUT2D eigenvalue weighted by atomic mass is 9.95. The number of hydrogen-bond acceptors (Lipinski definition) is 3. The highest BCUT2D eigenvalue weighted by molar-refractivity contribution is 6.35. The van der Waals surface area contributed by atoms with Gasteiger partial charge in [0.15, 0.2) is 0 Å². The highest BCUT2D eigenvalue weighted by Crippen LogP contribution is 2.38. The Morgan fingerprint density at radius 2 is 1.30 bits per heavy atom. The first kappa shape index (κ1) is 20.7. The molecule has 0 aliphatic heterocycles. The standard InChI is InChI=1S/C27H19ClN4O/c28-23-16-8-15-22-24(25(31-32-26(22)23)18-9-3-1-4-10-18)19-11-7-14-21(17-19)30-27(33)29-20-12-5-2-6-13-20/h1-17H,(H2,29,30,33). The van der Waals surface area contributed by atoms with Crippen molar-refractivity contribution >= 4 is 39.9 Å². The number of para-hydroxylation sites is 1. The average Bonchev–Trinajstić information content (AvgIpc) is 2.85. The number of halogens is 1. The normalized spacial score (nSPS) is 10.7. The van der Waals surface area contributed by atoms with E-state index in [1.807, 2.05) is 97.1 Å². The Kier molecular flexibility index (Phi) is 5.70. The minimum Gasteiger partial charge on any atom is -0.308 e. The maximum absolute atomic E-state index is 12.5. The summed E-state index contributed by atoms with van der Waals surface area (Å²) in [5.41, 5.74) is 5.50. The van der Waals surface area contributed by atoms with E-state index in [0.717, 1.165) is 33.5 Å². The number of hydrogen-bond donors (Lipinski definition) is 2. The third-order valence-corrected chi connectivity index (χ3v) is 5.54. The lowest BCUT2D eigenvalue weighted by molar-refractivity contribution is 0.262. The lowest BCUT2D eigenvalue weighted by Gasteiger charge is -2.14. The predicted molar refractivity (Wildman–Crippen MR) is 135 cm³/mol. The van der Waals surface area contributed by atoms with Crippen LogP contribution in [0.4, 0.5) is 16.2 Å². The number of anilines is 2. The zero-order chi connectivity index (χ0) is 22.6. The molecule has 0 spiro atoms. The number of benzene rings is 4. The number of urea groups is 1. The molecule has 5 nitrogen and oxygen atoms in total. The Morgan fingerprint density at radius 3 is 2.09 bits per heavy atom. The smallest absolute Gasteiger partial charge is 0.308 e. The lowest BCUT2D eigenvalue weighted by Crippen LogP contribution is -2.19. The van der Waals surface area contributed by atoms with Gasteiger partial charge < -0.3 is 10.6 Å². The van der Waals surface area contributed by atoms with Gasteiger partial charge in [-0.15, -0.1) is 10.2 Å². The summed E-state index contributed by atoms with van der Waals surface area (Å²) in [7, 11) is 0. The summed E-state index contributed by atoms with van der Waals surface area (Å²) in [6.07, 6.45) is 0. The first-order valence-electron chi connectivity index (χ1n) is 10.4. The van der Waals surface area contributed by atoms with E-state index in [9.17, 15) is 4.79 Å². The van der Waals surface area contributed by atoms with Gasteiger partial charge in [0.1, 0.15) is 11.2 Å². The molecule has 0 saturated heterocycles. The molecule has 0 aliphatic rings. The van der Waals surface area contributed by atoms with E-state index >= 15 is 0 Å². The third-order valence-electron chi connectivity index (χ3n) is 5.23. The Labute approximate surface area is 196 Å². The summed E-state index contributed by atoms with van der Waals surface area (Å²) in [5, 5.41) is 16.1. The number of nitrogens with zero attached hydrogens (tertiary/aromatic N) is 2. The van der Waals surface area contributed by atoms with Gasteiger partial charge in [-0.05, 0) is 35.9 Å². The van der Waals surface area contributed by atoms with Crippen molar-refractivity contribution in [2.75, 3.05) is 10.6 Å². The SMILES string of the molecule is O=C(Nc1ccccc1)Nc1cccc(-c2c(-c3ccccc3)nnc3c(Cl)cccc23)c1. The minimum atomic E-state index is -0.317. The number of fused-ring (bicyclic) bond motifs is 1. The first-order chi connectivity index (χ1) is 16.2. The third kappa shape index (κ3) is 4.40. The van der Waals surface area contributed by atoms with Gasteiger partial charge >= 0.3 is 6.03 Å². The summed E-state index contributed by atoms with van der Waals surface area (Å²) < 4.78 is 0. The fourth-order valence-corrected chi connectivity index (χ4v) is 3.97. The van der Waals surface area contributed by atoms with Crippen LogP contribution in [0.25, 0.3) is 33.3 Å². The number of rotatable bonds is 4. The van der Waals surface area contributed by atoms with Gasteiger partial charge in [0.2, 0.25) is 0 Å². The Hall–Kier alpha value is -4.22. The van der Waals surface area contributed by atoms with Gasteiger partial charge in [-0.1, -0.05) is 84.4 Å². The quantitative estimate of drug-likeness (QED) is 0.302. The molecular weight excluding hydrogens is 432 g/mol. The van der Waals surface area contributed by atoms with E-state index in [4.69, 9.17) is 11.6 Å². The topological polar surface area (TPSA) is 66.9 Å². The summed E-state index contributed by atoms with van der Waals surface area (Å²) in [4.78, 5) is 12.5. The number of carbonyl (C=O) groups is 1. The molecule has 5 aromatic rings. The Bertz CT molecular complexity index is 1440. The van der Waals surface area contributed by atoms with Crippen LogP contribution in [0.2, 0.25) is 5.02 Å². The Balaban J connectivity index is 1.58. The molecule has 2 amide bonds. The highest BCUT2D eigenvalue weighted by atomic mass is 35.5. The molecule has 1 aromatic heterocycles. The zero-order valence-corrected chi connectivity index (χ0v) is 18.3. The molecule has 160 valence electrons. The van der Waals surface area contributed by atoms with E-state index in [2.05, 4.69) is 20.8 Å². The molecule has 0 unspecified atom stereocenters. The van der Waals surface area contributed by atoms with Crippen LogP contribution in [0.15, 0.2) is 103 Å². The van der Waals surface area contributed by atoms with Gasteiger partial charge in [0.25, 0.3) is 0 Å². The molecule has 0 radical (unpaired) electrons. The average molecular weight is 451 g/mol. The van der Waals surface area contributed by atoms with E-state index in [1.54, 1.807) is 6.07 Å². The van der Waals surface area contributed by atoms with E-state index in [-0.39, 0.29) is 6.03 Å². The molecule has 1 heterocycles. The van der Waals surface area contributed by atoms with Crippen molar-refractivity contribution in [2.24, 2.45) is 0 Å². The van der Waals surface area contributed by atoms with Crippen LogP contribution < -0.4 is 10.6 Å². The van der Waals surface area contributed by atoms with Crippen LogP contribution in [0.3, 0.4) is 0 Å². The molecule has 33 heavy (non-hydrogen) atoms. The van der Waals surface area contributed by atoms with Crippen molar-refractivity contribution in [3.05, 3.63) is 108 Å². The molecule has 0 aliphatic carbocycles. The summed E-state index contributed by atoms with van der Waals surface area (Å²) in [5.74, 6) is 0. The van der Waals surface area contributed by atoms with Crippen molar-refractivity contribution in [1.82, 2.24) is 10.2 Å². The minimum absolute atomic E-state index is 0.317. The molecule has 4 aromatic carbocycles. The second-order valence-corrected chi connectivity index (χ2v) is 7.86. The van der Waals surface area contributed by atoms with Crippen LogP contribution in [-0.2, 0) is 0 Å². The molecule has 2 N–H and O–H groups in total. The zero-order valence-electron chi connectivity index (χ0n) is 17.5.